The molecule has 2 saturated carbocycles. The van der Waals surface area contributed by atoms with Gasteiger partial charge in [0.1, 0.15) is 0 Å². The summed E-state index contributed by atoms with van der Waals surface area (Å²) in [6.07, 6.45) is 1.41. The molecule has 2 aliphatic rings. The average molecular weight is 272 g/mol. The van der Waals surface area contributed by atoms with E-state index in [0.717, 1.165) is 19.3 Å². The largest absolute Gasteiger partial charge is 0.392 e. The molecule has 6 atom stereocenters. The molecule has 4 heteroatoms. The van der Waals surface area contributed by atoms with Crippen molar-refractivity contribution in [1.82, 2.24) is 0 Å². The van der Waals surface area contributed by atoms with Crippen molar-refractivity contribution in [1.29, 1.82) is 0 Å². The second kappa shape index (κ2) is 4.42. The van der Waals surface area contributed by atoms with Crippen molar-refractivity contribution >= 4 is 0 Å². The summed E-state index contributed by atoms with van der Waals surface area (Å²) in [5, 5.41) is 41.6. The van der Waals surface area contributed by atoms with Crippen LogP contribution >= 0.6 is 0 Å². The van der Waals surface area contributed by atoms with Gasteiger partial charge in [-0.05, 0) is 51.9 Å². The van der Waals surface area contributed by atoms with E-state index in [9.17, 15) is 20.4 Å². The molecule has 6 unspecified atom stereocenters. The Morgan fingerprint density at radius 3 is 2.11 bits per heavy atom. The van der Waals surface area contributed by atoms with Gasteiger partial charge in [-0.25, -0.2) is 0 Å². The molecular weight excluding hydrogens is 244 g/mol. The van der Waals surface area contributed by atoms with Crippen LogP contribution in [0.3, 0.4) is 0 Å². The van der Waals surface area contributed by atoms with Crippen LogP contribution in [-0.4, -0.2) is 43.8 Å². The smallest absolute Gasteiger partial charge is 0.0935 e. The van der Waals surface area contributed by atoms with Crippen molar-refractivity contribution in [2.75, 3.05) is 0 Å². The topological polar surface area (TPSA) is 80.9 Å². The molecule has 0 spiro atoms. The van der Waals surface area contributed by atoms with Crippen molar-refractivity contribution in [3.05, 3.63) is 0 Å². The van der Waals surface area contributed by atoms with E-state index in [-0.39, 0.29) is 11.3 Å². The van der Waals surface area contributed by atoms with Gasteiger partial charge in [0, 0.05) is 11.8 Å². The van der Waals surface area contributed by atoms with Gasteiger partial charge in [-0.1, -0.05) is 6.92 Å². The lowest BCUT2D eigenvalue weighted by Gasteiger charge is -2.59. The van der Waals surface area contributed by atoms with Gasteiger partial charge in [-0.2, -0.15) is 0 Å². The maximum absolute atomic E-state index is 10.7. The van der Waals surface area contributed by atoms with Crippen LogP contribution in [0.15, 0.2) is 0 Å². The Balaban J connectivity index is 2.36. The molecule has 4 N–H and O–H groups in total. The molecule has 112 valence electrons. The van der Waals surface area contributed by atoms with Crippen molar-refractivity contribution in [3.63, 3.8) is 0 Å². The Morgan fingerprint density at radius 1 is 1.05 bits per heavy atom. The second-order valence-electron chi connectivity index (χ2n) is 7.70. The molecule has 4 nitrogen and oxygen atoms in total. The number of hydrogen-bond acceptors (Lipinski definition) is 4. The lowest BCUT2D eigenvalue weighted by molar-refractivity contribution is -0.236. The van der Waals surface area contributed by atoms with Gasteiger partial charge in [0.15, 0.2) is 0 Å². The first-order chi connectivity index (χ1) is 8.50. The summed E-state index contributed by atoms with van der Waals surface area (Å²) in [6, 6.07) is 0. The van der Waals surface area contributed by atoms with Crippen LogP contribution in [0.25, 0.3) is 0 Å². The molecule has 0 radical (unpaired) electrons. The highest BCUT2D eigenvalue weighted by Crippen LogP contribution is 2.56. The van der Waals surface area contributed by atoms with Gasteiger partial charge in [0.05, 0.1) is 23.4 Å². The van der Waals surface area contributed by atoms with Crippen LogP contribution in [0, 0.1) is 17.3 Å². The molecule has 0 aliphatic heterocycles. The monoisotopic (exact) mass is 272 g/mol. The first kappa shape index (κ1) is 15.2. The van der Waals surface area contributed by atoms with Gasteiger partial charge in [0.2, 0.25) is 0 Å². The van der Waals surface area contributed by atoms with E-state index < -0.39 is 29.3 Å². The summed E-state index contributed by atoms with van der Waals surface area (Å²) in [5.41, 5.74) is -2.43. The summed E-state index contributed by atoms with van der Waals surface area (Å²) in [7, 11) is 0. The third-order valence-electron chi connectivity index (χ3n) is 5.73. The SMILES string of the molecule is CC(C)(O)C1CCC2(C)CCC(O)C(C)(O)C2C1O. The molecule has 19 heavy (non-hydrogen) atoms. The predicted molar refractivity (Wildman–Crippen MR) is 72.5 cm³/mol. The fourth-order valence-electron chi connectivity index (χ4n) is 4.52. The van der Waals surface area contributed by atoms with Gasteiger partial charge in [-0.15, -0.1) is 0 Å². The highest BCUT2D eigenvalue weighted by molar-refractivity contribution is 5.10. The molecule has 0 bridgehead atoms. The van der Waals surface area contributed by atoms with Crippen LogP contribution in [0.1, 0.15) is 53.4 Å². The van der Waals surface area contributed by atoms with Gasteiger partial charge in [0.25, 0.3) is 0 Å². The van der Waals surface area contributed by atoms with E-state index in [1.54, 1.807) is 20.8 Å². The molecule has 0 amide bonds. The maximum Gasteiger partial charge on any atom is 0.0935 e. The molecule has 2 aliphatic carbocycles. The zero-order chi connectivity index (χ0) is 14.6. The van der Waals surface area contributed by atoms with Crippen LogP contribution in [0.4, 0.5) is 0 Å². The Labute approximate surface area is 115 Å². The summed E-state index contributed by atoms with van der Waals surface area (Å²) in [6.45, 7) is 7.12. The molecule has 0 aromatic heterocycles. The Kier molecular flexibility index (Phi) is 3.54. The molecule has 2 rings (SSSR count). The normalized spacial score (nSPS) is 51.8. The van der Waals surface area contributed by atoms with E-state index in [1.165, 1.54) is 0 Å². The first-order valence-electron chi connectivity index (χ1n) is 7.31. The highest BCUT2D eigenvalue weighted by Gasteiger charge is 2.60. The first-order valence-corrected chi connectivity index (χ1v) is 7.31. The molecule has 2 fully saturated rings. The Bertz CT molecular complexity index is 342. The lowest BCUT2D eigenvalue weighted by Crippen LogP contribution is -2.65. The van der Waals surface area contributed by atoms with E-state index in [0.29, 0.717) is 6.42 Å². The molecular formula is C15H28O4. The standard InChI is InChI=1S/C15H28O4/c1-13(2,18)9-5-7-14(3)8-6-10(16)15(4,19)12(14)11(9)17/h9-12,16-19H,5-8H2,1-4H3. The van der Waals surface area contributed by atoms with Crippen molar-refractivity contribution in [2.24, 2.45) is 17.3 Å². The molecule has 0 aromatic carbocycles. The van der Waals surface area contributed by atoms with Crippen LogP contribution in [0.5, 0.6) is 0 Å². The number of rotatable bonds is 1. The molecule has 0 aromatic rings. The minimum absolute atomic E-state index is 0.163. The number of fused-ring (bicyclic) bond motifs is 1. The highest BCUT2D eigenvalue weighted by atomic mass is 16.3. The quantitative estimate of drug-likeness (QED) is 0.575. The lowest BCUT2D eigenvalue weighted by atomic mass is 9.50. The molecule has 0 saturated heterocycles. The third kappa shape index (κ3) is 2.33. The fourth-order valence-corrected chi connectivity index (χ4v) is 4.52. The van der Waals surface area contributed by atoms with Crippen LogP contribution in [0.2, 0.25) is 0 Å². The van der Waals surface area contributed by atoms with Crippen molar-refractivity contribution < 1.29 is 20.4 Å². The second-order valence-corrected chi connectivity index (χ2v) is 7.70. The average Bonchev–Trinajstić information content (AvgIpc) is 2.22. The maximum atomic E-state index is 10.7. The predicted octanol–water partition coefficient (Wildman–Crippen LogP) is 1.06. The van der Waals surface area contributed by atoms with Crippen LogP contribution < -0.4 is 0 Å². The minimum Gasteiger partial charge on any atom is -0.392 e. The van der Waals surface area contributed by atoms with Gasteiger partial charge < -0.3 is 20.4 Å². The van der Waals surface area contributed by atoms with Crippen molar-refractivity contribution in [3.8, 4) is 0 Å². The van der Waals surface area contributed by atoms with E-state index >= 15 is 0 Å². The zero-order valence-corrected chi connectivity index (χ0v) is 12.4. The fraction of sp³-hybridized carbons (Fsp3) is 1.00. The van der Waals surface area contributed by atoms with E-state index in [4.69, 9.17) is 0 Å². The van der Waals surface area contributed by atoms with Gasteiger partial charge >= 0.3 is 0 Å². The Hall–Kier alpha value is -0.160. The number of aliphatic hydroxyl groups is 4. The van der Waals surface area contributed by atoms with Gasteiger partial charge in [-0.3, -0.25) is 0 Å². The zero-order valence-electron chi connectivity index (χ0n) is 12.4. The molecule has 0 heterocycles. The van der Waals surface area contributed by atoms with Crippen LogP contribution in [-0.2, 0) is 0 Å². The number of hydrogen-bond donors (Lipinski definition) is 4. The minimum atomic E-state index is -1.30. The van der Waals surface area contributed by atoms with Crippen molar-refractivity contribution in [2.45, 2.75) is 76.8 Å². The van der Waals surface area contributed by atoms with E-state index in [2.05, 4.69) is 6.92 Å². The summed E-state index contributed by atoms with van der Waals surface area (Å²) in [4.78, 5) is 0. The Morgan fingerprint density at radius 2 is 1.58 bits per heavy atom. The number of aliphatic hydroxyl groups excluding tert-OH is 2. The third-order valence-corrected chi connectivity index (χ3v) is 5.73. The summed E-state index contributed by atoms with van der Waals surface area (Å²) in [5.74, 6) is -0.656. The summed E-state index contributed by atoms with van der Waals surface area (Å²) < 4.78 is 0. The van der Waals surface area contributed by atoms with E-state index in [1.807, 2.05) is 0 Å². The summed E-state index contributed by atoms with van der Waals surface area (Å²) >= 11 is 0.